The van der Waals surface area contributed by atoms with Crippen molar-refractivity contribution in [3.63, 3.8) is 0 Å². The lowest BCUT2D eigenvalue weighted by atomic mass is 10.1. The number of non-ortho nitro benzene ring substituents is 1. The van der Waals surface area contributed by atoms with Crippen LogP contribution in [-0.4, -0.2) is 86.6 Å². The van der Waals surface area contributed by atoms with Crippen molar-refractivity contribution in [1.82, 2.24) is 0 Å². The van der Waals surface area contributed by atoms with Crippen molar-refractivity contribution < 1.29 is 71.4 Å². The number of phenolic OH excluding ortho intramolecular Hbond substituents is 1. The van der Waals surface area contributed by atoms with E-state index in [0.717, 1.165) is 17.8 Å². The SMILES string of the molecule is Cc1cc(N=Nc2c(S(=O)(=O)O)cc3cc(Nc4ccccc4)ccc3c2O)c(C)cc1N=Nc1cc(C)c(N=Nc2cc(C)c(N=Nc3ccc([N+](=O)[O-])cc3S(=O)(=O)O)cc2OCCCS(=O)(=O)O)cc1OCCCS(=O)(=O)O. The summed E-state index contributed by atoms with van der Waals surface area (Å²) in [5.74, 6) is -1.87. The van der Waals surface area contributed by atoms with Gasteiger partial charge in [0.2, 0.25) is 0 Å². The fraction of sp³-hybridized carbons (Fsp3) is 0.200. The summed E-state index contributed by atoms with van der Waals surface area (Å²) in [6.45, 7) is 6.01. The Hall–Kier alpha value is -8.56. The Kier molecular flexibility index (Phi) is 18.4. The molecule has 7 rings (SSSR count). The number of azo groups is 4. The van der Waals surface area contributed by atoms with E-state index < -0.39 is 89.5 Å². The van der Waals surface area contributed by atoms with Gasteiger partial charge in [0, 0.05) is 41.0 Å². The molecule has 0 aliphatic carbocycles. The Morgan fingerprint density at radius 2 is 0.938 bits per heavy atom. The lowest BCUT2D eigenvalue weighted by molar-refractivity contribution is -0.385. The highest BCUT2D eigenvalue weighted by molar-refractivity contribution is 7.86. The summed E-state index contributed by atoms with van der Waals surface area (Å²) in [5.41, 5.74) is 2.44. The normalized spacial score (nSPS) is 12.6. The number of rotatable bonds is 23. The van der Waals surface area contributed by atoms with Crippen LogP contribution < -0.4 is 14.8 Å². The summed E-state index contributed by atoms with van der Waals surface area (Å²) >= 11 is 0. The van der Waals surface area contributed by atoms with Gasteiger partial charge < -0.3 is 19.9 Å². The van der Waals surface area contributed by atoms with E-state index >= 15 is 0 Å². The Morgan fingerprint density at radius 1 is 0.494 bits per heavy atom. The van der Waals surface area contributed by atoms with Crippen LogP contribution in [0.2, 0.25) is 0 Å². The predicted octanol–water partition coefficient (Wildman–Crippen LogP) is 12.9. The number of ether oxygens (including phenoxy) is 2. The van der Waals surface area contributed by atoms with Crippen molar-refractivity contribution in [2.24, 2.45) is 40.9 Å². The lowest BCUT2D eigenvalue weighted by Crippen LogP contribution is -2.08. The topological polar surface area (TPSA) is 410 Å². The van der Waals surface area contributed by atoms with Crippen LogP contribution in [0.25, 0.3) is 10.8 Å². The maximum absolute atomic E-state index is 12.6. The Balaban J connectivity index is 1.19. The molecule has 7 aromatic carbocycles. The van der Waals surface area contributed by atoms with Crippen LogP contribution in [0, 0.1) is 37.8 Å². The highest BCUT2D eigenvalue weighted by Gasteiger charge is 2.24. The third-order valence-corrected chi connectivity index (χ3v) is 14.9. The molecule has 0 saturated heterocycles. The molecule has 424 valence electrons. The number of nitrogens with one attached hydrogen (secondary N) is 1. The van der Waals surface area contributed by atoms with Crippen LogP contribution in [0.1, 0.15) is 35.1 Å². The summed E-state index contributed by atoms with van der Waals surface area (Å²) < 4.78 is 146. The fourth-order valence-electron chi connectivity index (χ4n) is 7.52. The van der Waals surface area contributed by atoms with Crippen LogP contribution in [-0.2, 0) is 40.5 Å². The first kappa shape index (κ1) is 60.1. The molecule has 31 heteroatoms. The number of nitro groups is 1. The molecule has 0 saturated carbocycles. The number of aryl methyl sites for hydroxylation is 4. The molecular weight excluding hydrogens is 1140 g/mol. The van der Waals surface area contributed by atoms with Gasteiger partial charge in [-0.15, -0.1) is 20.5 Å². The number of anilines is 2. The molecule has 0 heterocycles. The number of phenols is 1. The van der Waals surface area contributed by atoms with Gasteiger partial charge in [0.05, 0.1) is 52.4 Å². The molecule has 27 nitrogen and oxygen atoms in total. The maximum Gasteiger partial charge on any atom is 0.297 e. The average molecular weight is 1190 g/mol. The molecule has 0 fully saturated rings. The molecule has 7 aromatic rings. The zero-order valence-electron chi connectivity index (χ0n) is 42.9. The molecular formula is C50H48N10O17S4. The molecule has 0 amide bonds. The Bertz CT molecular complexity index is 4200. The third-order valence-electron chi connectivity index (χ3n) is 11.6. The summed E-state index contributed by atoms with van der Waals surface area (Å²) in [6.07, 6.45) is -0.330. The Morgan fingerprint density at radius 3 is 1.41 bits per heavy atom. The first-order valence-electron chi connectivity index (χ1n) is 23.6. The third kappa shape index (κ3) is 16.3. The van der Waals surface area contributed by atoms with Crippen LogP contribution in [0.15, 0.2) is 160 Å². The van der Waals surface area contributed by atoms with Gasteiger partial charge in [0.25, 0.3) is 46.2 Å². The van der Waals surface area contributed by atoms with E-state index in [1.807, 2.05) is 30.3 Å². The number of benzene rings is 7. The molecule has 81 heavy (non-hydrogen) atoms. The van der Waals surface area contributed by atoms with Crippen LogP contribution >= 0.6 is 0 Å². The smallest absolute Gasteiger partial charge is 0.297 e. The van der Waals surface area contributed by atoms with Gasteiger partial charge in [0.15, 0.2) is 5.75 Å². The molecule has 0 bridgehead atoms. The summed E-state index contributed by atoms with van der Waals surface area (Å²) in [7, 11) is -18.7. The van der Waals surface area contributed by atoms with E-state index in [9.17, 15) is 67.1 Å². The number of hydrogen-bond donors (Lipinski definition) is 6. The van der Waals surface area contributed by atoms with Gasteiger partial charge in [-0.05, 0) is 135 Å². The van der Waals surface area contributed by atoms with Crippen molar-refractivity contribution in [2.45, 2.75) is 50.3 Å². The Labute approximate surface area is 463 Å². The highest BCUT2D eigenvalue weighted by Crippen LogP contribution is 2.44. The second-order valence-corrected chi connectivity index (χ2v) is 23.7. The quantitative estimate of drug-likeness (QED) is 0.0114. The molecule has 0 aromatic heterocycles. The fourth-order valence-corrected chi connectivity index (χ4v) is 9.78. The van der Waals surface area contributed by atoms with Crippen molar-refractivity contribution in [1.29, 1.82) is 0 Å². The van der Waals surface area contributed by atoms with Gasteiger partial charge in [-0.25, -0.2) is 0 Å². The first-order chi connectivity index (χ1) is 38.0. The van der Waals surface area contributed by atoms with Crippen molar-refractivity contribution in [3.8, 4) is 17.2 Å². The monoisotopic (exact) mass is 1190 g/mol. The molecule has 0 unspecified atom stereocenters. The van der Waals surface area contributed by atoms with Gasteiger partial charge >= 0.3 is 0 Å². The molecule has 0 aliphatic rings. The number of fused-ring (bicyclic) bond motifs is 1. The van der Waals surface area contributed by atoms with Gasteiger partial charge in [-0.3, -0.25) is 28.3 Å². The van der Waals surface area contributed by atoms with Gasteiger partial charge in [-0.1, -0.05) is 18.2 Å². The minimum Gasteiger partial charge on any atom is -0.505 e. The maximum atomic E-state index is 12.6. The zero-order chi connectivity index (χ0) is 59.0. The summed E-state index contributed by atoms with van der Waals surface area (Å²) in [5, 5.41) is 60.2. The number of aromatic hydroxyl groups is 1. The highest BCUT2D eigenvalue weighted by atomic mass is 32.2. The number of hydrogen-bond acceptors (Lipinski definition) is 22. The van der Waals surface area contributed by atoms with Crippen molar-refractivity contribution in [2.75, 3.05) is 30.0 Å². The van der Waals surface area contributed by atoms with Gasteiger partial charge in [-0.2, -0.15) is 54.1 Å². The molecule has 0 atom stereocenters. The predicted molar refractivity (Wildman–Crippen MR) is 296 cm³/mol. The average Bonchev–Trinajstić information content (AvgIpc) is 3.50. The summed E-state index contributed by atoms with van der Waals surface area (Å²) in [4.78, 5) is 8.83. The number of nitrogens with zero attached hydrogens (tertiary/aromatic N) is 9. The second-order valence-electron chi connectivity index (χ2n) is 17.8. The second kappa shape index (κ2) is 24.8. The van der Waals surface area contributed by atoms with E-state index in [-0.39, 0.29) is 76.8 Å². The number of nitro benzene ring substituents is 1. The molecule has 0 aliphatic heterocycles. The molecule has 0 spiro atoms. The van der Waals surface area contributed by atoms with E-state index in [4.69, 9.17) is 9.47 Å². The van der Waals surface area contributed by atoms with E-state index in [0.29, 0.717) is 39.7 Å². The minimum atomic E-state index is -5.01. The van der Waals surface area contributed by atoms with Crippen molar-refractivity contribution in [3.05, 3.63) is 142 Å². The van der Waals surface area contributed by atoms with E-state index in [1.54, 1.807) is 58.0 Å². The molecule has 6 N–H and O–H groups in total. The van der Waals surface area contributed by atoms with E-state index in [2.05, 4.69) is 46.2 Å². The van der Waals surface area contributed by atoms with E-state index in [1.165, 1.54) is 30.3 Å². The van der Waals surface area contributed by atoms with Crippen LogP contribution in [0.5, 0.6) is 17.2 Å². The standard InChI is InChI=1S/C50H48N10O17S4/c1-29-21-40(56-59-49-48(81(73,74)75)25-33-24-35(12-14-37(33)50(49)61)51-34-10-6-5-7-11-34)30(2)20-39(29)53-57-43-23-32(4)42(28-46(43)77-17-9-19-79(67,68)69)55-58-44-22-31(3)41(27-45(44)76-16-8-18-78(64,65)66)54-52-38-15-13-36(60(62)63)26-47(38)80(70,71)72/h5-7,10-15,20-28,51,61H,8-9,16-19H2,1-4H3,(H,64,65,66)(H,67,68,69)(H,70,71,72)(H,73,74,75). The molecule has 0 radical (unpaired) electrons. The summed E-state index contributed by atoms with van der Waals surface area (Å²) in [6, 6.07) is 26.6. The largest absolute Gasteiger partial charge is 0.505 e. The lowest BCUT2D eigenvalue weighted by Gasteiger charge is -2.12. The van der Waals surface area contributed by atoms with Crippen LogP contribution in [0.3, 0.4) is 0 Å². The van der Waals surface area contributed by atoms with Gasteiger partial charge in [0.1, 0.15) is 44.0 Å². The van der Waals surface area contributed by atoms with Crippen molar-refractivity contribution >= 4 is 114 Å². The first-order valence-corrected chi connectivity index (χ1v) is 29.7. The van der Waals surface area contributed by atoms with Crippen LogP contribution in [0.4, 0.5) is 62.6 Å². The minimum absolute atomic E-state index is 0.0334. The number of para-hydroxylation sites is 1. The zero-order valence-corrected chi connectivity index (χ0v) is 46.2.